The van der Waals surface area contributed by atoms with Crippen molar-refractivity contribution >= 4 is 46.7 Å². The minimum absolute atomic E-state index is 0. The number of rotatable bonds is 4. The number of aromatic nitrogens is 1. The van der Waals surface area contributed by atoms with Crippen LogP contribution in [0.25, 0.3) is 10.9 Å². The van der Waals surface area contributed by atoms with Gasteiger partial charge in [0.25, 0.3) is 5.91 Å². The second-order valence-corrected chi connectivity index (χ2v) is 7.54. The molecule has 1 atom stereocenters. The van der Waals surface area contributed by atoms with Crippen LogP contribution in [0.2, 0.25) is 0 Å². The summed E-state index contributed by atoms with van der Waals surface area (Å²) in [7, 11) is 1.77. The quantitative estimate of drug-likeness (QED) is 0.363. The molecule has 2 aliphatic heterocycles. The van der Waals surface area contributed by atoms with E-state index in [4.69, 9.17) is 4.74 Å². The zero-order valence-electron chi connectivity index (χ0n) is 17.2. The number of aliphatic imine (C=N–C) groups is 1. The molecule has 0 spiro atoms. The minimum Gasteiger partial charge on any atom is -0.368 e. The van der Waals surface area contributed by atoms with Crippen LogP contribution < -0.4 is 5.32 Å². The zero-order valence-corrected chi connectivity index (χ0v) is 19.5. The smallest absolute Gasteiger partial charge is 0.251 e. The average molecular weight is 529 g/mol. The molecule has 1 amide bonds. The Morgan fingerprint density at radius 2 is 2.07 bits per heavy atom. The van der Waals surface area contributed by atoms with E-state index in [1.54, 1.807) is 19.2 Å². The Morgan fingerprint density at radius 1 is 1.30 bits per heavy atom. The monoisotopic (exact) mass is 529 g/mol. The summed E-state index contributed by atoms with van der Waals surface area (Å²) in [6, 6.07) is 4.80. The molecule has 2 N–H and O–H groups in total. The number of halogens is 2. The van der Waals surface area contributed by atoms with Crippen LogP contribution in [-0.4, -0.2) is 79.1 Å². The van der Waals surface area contributed by atoms with Gasteiger partial charge in [-0.25, -0.2) is 4.39 Å². The maximum Gasteiger partial charge on any atom is 0.251 e. The Balaban J connectivity index is 0.00000256. The fraction of sp³-hybridized carbons (Fsp3) is 0.524. The normalized spacial score (nSPS) is 19.8. The topological polar surface area (TPSA) is 73.0 Å². The Kier molecular flexibility index (Phi) is 7.93. The van der Waals surface area contributed by atoms with E-state index in [2.05, 4.69) is 20.2 Å². The molecule has 7 nitrogen and oxygen atoms in total. The van der Waals surface area contributed by atoms with E-state index in [9.17, 15) is 9.18 Å². The number of nitrogens with one attached hydrogen (secondary N) is 2. The van der Waals surface area contributed by atoms with Crippen molar-refractivity contribution in [1.29, 1.82) is 0 Å². The number of ether oxygens (including phenoxy) is 1. The Hall–Kier alpha value is -1.88. The highest BCUT2D eigenvalue weighted by Crippen LogP contribution is 2.20. The first-order valence-electron chi connectivity index (χ1n) is 10.3. The van der Waals surface area contributed by atoms with Gasteiger partial charge in [0.05, 0.1) is 0 Å². The maximum absolute atomic E-state index is 13.5. The molecule has 0 radical (unpaired) electrons. The van der Waals surface area contributed by atoms with Gasteiger partial charge in [0.2, 0.25) is 0 Å². The highest BCUT2D eigenvalue weighted by atomic mass is 127. The standard InChI is InChI=1S/C21H28FN5O2.HI/c1-23-21(24-7-6-15-14-25-18-5-4-16(22)13-17(15)18)27-10-8-26(9-11-27)20(28)19-3-2-12-29-19;/h4-5,13-14,19,25H,2-3,6-12H2,1H3,(H,23,24);1H. The third-order valence-electron chi connectivity index (χ3n) is 5.71. The van der Waals surface area contributed by atoms with Gasteiger partial charge < -0.3 is 24.8 Å². The van der Waals surface area contributed by atoms with E-state index in [0.29, 0.717) is 26.2 Å². The predicted octanol–water partition coefficient (Wildman–Crippen LogP) is 2.37. The molecule has 4 rings (SSSR count). The van der Waals surface area contributed by atoms with E-state index in [0.717, 1.165) is 54.8 Å². The SMILES string of the molecule is CN=C(NCCc1c[nH]c2ccc(F)cc12)N1CCN(C(=O)C2CCCO2)CC1.I. The van der Waals surface area contributed by atoms with E-state index >= 15 is 0 Å². The van der Waals surface area contributed by atoms with Gasteiger partial charge >= 0.3 is 0 Å². The number of H-pyrrole nitrogens is 1. The van der Waals surface area contributed by atoms with Gasteiger partial charge in [0.1, 0.15) is 11.9 Å². The molecule has 2 aromatic rings. The summed E-state index contributed by atoms with van der Waals surface area (Å²) in [6.07, 6.45) is 4.25. The zero-order chi connectivity index (χ0) is 20.2. The van der Waals surface area contributed by atoms with Crippen molar-refractivity contribution < 1.29 is 13.9 Å². The minimum atomic E-state index is -0.250. The third-order valence-corrected chi connectivity index (χ3v) is 5.71. The third kappa shape index (κ3) is 5.05. The fourth-order valence-corrected chi connectivity index (χ4v) is 4.11. The summed E-state index contributed by atoms with van der Waals surface area (Å²) < 4.78 is 19.1. The van der Waals surface area contributed by atoms with Gasteiger partial charge in [0, 0.05) is 63.5 Å². The van der Waals surface area contributed by atoms with E-state index < -0.39 is 0 Å². The predicted molar refractivity (Wildman–Crippen MR) is 126 cm³/mol. The van der Waals surface area contributed by atoms with Crippen LogP contribution in [0, 0.1) is 5.82 Å². The Labute approximate surface area is 193 Å². The molecule has 2 fully saturated rings. The van der Waals surface area contributed by atoms with Crippen molar-refractivity contribution in [1.82, 2.24) is 20.1 Å². The number of nitrogens with zero attached hydrogens (tertiary/aromatic N) is 3. The summed E-state index contributed by atoms with van der Waals surface area (Å²) in [5.74, 6) is 0.731. The molecule has 9 heteroatoms. The van der Waals surface area contributed by atoms with Crippen LogP contribution in [0.4, 0.5) is 4.39 Å². The summed E-state index contributed by atoms with van der Waals surface area (Å²) in [6.45, 7) is 4.25. The first-order valence-corrected chi connectivity index (χ1v) is 10.3. The highest BCUT2D eigenvalue weighted by molar-refractivity contribution is 14.0. The van der Waals surface area contributed by atoms with Crippen LogP contribution in [0.5, 0.6) is 0 Å². The number of piperazine rings is 1. The molecule has 0 bridgehead atoms. The Bertz CT molecular complexity index is 889. The second kappa shape index (κ2) is 10.4. The number of fused-ring (bicyclic) bond motifs is 1. The van der Waals surface area contributed by atoms with Gasteiger partial charge in [-0.1, -0.05) is 0 Å². The number of hydrogen-bond acceptors (Lipinski definition) is 3. The molecule has 1 aromatic carbocycles. The maximum atomic E-state index is 13.5. The number of hydrogen-bond donors (Lipinski definition) is 2. The van der Waals surface area contributed by atoms with Crippen LogP contribution >= 0.6 is 24.0 Å². The van der Waals surface area contributed by atoms with Crippen molar-refractivity contribution in [3.05, 3.63) is 35.8 Å². The van der Waals surface area contributed by atoms with Gasteiger partial charge in [-0.15, -0.1) is 24.0 Å². The van der Waals surface area contributed by atoms with Crippen molar-refractivity contribution in [2.45, 2.75) is 25.4 Å². The molecule has 164 valence electrons. The Morgan fingerprint density at radius 3 is 2.77 bits per heavy atom. The molecule has 30 heavy (non-hydrogen) atoms. The van der Waals surface area contributed by atoms with E-state index in [1.165, 1.54) is 6.07 Å². The lowest BCUT2D eigenvalue weighted by Gasteiger charge is -2.37. The molecule has 3 heterocycles. The van der Waals surface area contributed by atoms with E-state index in [-0.39, 0.29) is 41.8 Å². The van der Waals surface area contributed by atoms with Gasteiger partial charge in [-0.05, 0) is 43.0 Å². The lowest BCUT2D eigenvalue weighted by molar-refractivity contribution is -0.142. The molecule has 0 aliphatic carbocycles. The van der Waals surface area contributed by atoms with Gasteiger partial charge in [0.15, 0.2) is 5.96 Å². The van der Waals surface area contributed by atoms with Crippen molar-refractivity contribution in [2.75, 3.05) is 46.4 Å². The molecule has 2 aliphatic rings. The molecule has 1 aromatic heterocycles. The molecule has 0 saturated carbocycles. The number of amides is 1. The van der Waals surface area contributed by atoms with Crippen molar-refractivity contribution in [2.24, 2.45) is 4.99 Å². The lowest BCUT2D eigenvalue weighted by Crippen LogP contribution is -2.55. The molecular formula is C21H29FIN5O2. The number of carbonyl (C=O) groups excluding carboxylic acids is 1. The van der Waals surface area contributed by atoms with Crippen LogP contribution in [0.3, 0.4) is 0 Å². The van der Waals surface area contributed by atoms with Crippen LogP contribution in [0.15, 0.2) is 29.4 Å². The van der Waals surface area contributed by atoms with Crippen molar-refractivity contribution in [3.8, 4) is 0 Å². The van der Waals surface area contributed by atoms with E-state index in [1.807, 2.05) is 11.1 Å². The van der Waals surface area contributed by atoms with Crippen LogP contribution in [-0.2, 0) is 16.0 Å². The molecule has 2 saturated heterocycles. The first-order chi connectivity index (χ1) is 14.2. The second-order valence-electron chi connectivity index (χ2n) is 7.54. The molecule has 1 unspecified atom stereocenters. The number of aromatic amines is 1. The highest BCUT2D eigenvalue weighted by Gasteiger charge is 2.30. The lowest BCUT2D eigenvalue weighted by atomic mass is 10.1. The van der Waals surface area contributed by atoms with Gasteiger partial charge in [-0.2, -0.15) is 0 Å². The average Bonchev–Trinajstić information content (AvgIpc) is 3.41. The summed E-state index contributed by atoms with van der Waals surface area (Å²) in [4.78, 5) is 24.1. The number of carbonyl (C=O) groups is 1. The first kappa shape index (κ1) is 22.8. The fourth-order valence-electron chi connectivity index (χ4n) is 4.11. The number of guanidine groups is 1. The van der Waals surface area contributed by atoms with Crippen LogP contribution in [0.1, 0.15) is 18.4 Å². The summed E-state index contributed by atoms with van der Waals surface area (Å²) in [5, 5.41) is 4.32. The van der Waals surface area contributed by atoms with Gasteiger partial charge in [-0.3, -0.25) is 9.79 Å². The molecular weight excluding hydrogens is 500 g/mol. The number of benzene rings is 1. The largest absolute Gasteiger partial charge is 0.368 e. The van der Waals surface area contributed by atoms with Crippen molar-refractivity contribution in [3.63, 3.8) is 0 Å². The summed E-state index contributed by atoms with van der Waals surface area (Å²) >= 11 is 0. The summed E-state index contributed by atoms with van der Waals surface area (Å²) in [5.41, 5.74) is 2.02.